The van der Waals surface area contributed by atoms with Gasteiger partial charge in [-0.25, -0.2) is 0 Å². The van der Waals surface area contributed by atoms with E-state index < -0.39 is 11.9 Å². The zero-order valence-corrected chi connectivity index (χ0v) is 17.2. The van der Waals surface area contributed by atoms with Crippen LogP contribution in [0.15, 0.2) is 48.5 Å². The summed E-state index contributed by atoms with van der Waals surface area (Å²) in [5.41, 5.74) is 3.69. The van der Waals surface area contributed by atoms with Gasteiger partial charge in [0, 0.05) is 17.5 Å². The molecule has 152 valence electrons. The maximum atomic E-state index is 13.1. The first-order chi connectivity index (χ1) is 14.0. The van der Waals surface area contributed by atoms with Gasteiger partial charge in [-0.05, 0) is 55.2 Å². The van der Waals surface area contributed by atoms with Crippen molar-refractivity contribution in [2.45, 2.75) is 26.2 Å². The first kappa shape index (κ1) is 20.6. The molecule has 2 atom stereocenters. The number of ether oxygens (including phenoxy) is 3. The second kappa shape index (κ2) is 8.95. The van der Waals surface area contributed by atoms with Gasteiger partial charge in [-0.1, -0.05) is 24.3 Å². The Balaban J connectivity index is 2.08. The zero-order chi connectivity index (χ0) is 21.0. The van der Waals surface area contributed by atoms with Crippen molar-refractivity contribution < 1.29 is 23.8 Å². The van der Waals surface area contributed by atoms with Crippen LogP contribution in [0.25, 0.3) is 5.57 Å². The number of carbonyl (C=O) groups is 2. The highest BCUT2D eigenvalue weighted by Crippen LogP contribution is 2.43. The summed E-state index contributed by atoms with van der Waals surface area (Å²) in [4.78, 5) is 25.7. The quantitative estimate of drug-likeness (QED) is 0.539. The Kier molecular flexibility index (Phi) is 6.37. The SMILES string of the molecule is CCOC(=O)[C@@H]1C(=O)C=C(c2ccc(OC)cc2OC)C[C@@H]1c1ccccc1C. The monoisotopic (exact) mass is 394 g/mol. The van der Waals surface area contributed by atoms with Crippen LogP contribution in [0.1, 0.15) is 36.0 Å². The van der Waals surface area contributed by atoms with Gasteiger partial charge in [0.15, 0.2) is 5.78 Å². The average Bonchev–Trinajstić information content (AvgIpc) is 2.73. The van der Waals surface area contributed by atoms with Gasteiger partial charge in [0.2, 0.25) is 0 Å². The first-order valence-electron chi connectivity index (χ1n) is 9.69. The van der Waals surface area contributed by atoms with Gasteiger partial charge in [0.25, 0.3) is 0 Å². The summed E-state index contributed by atoms with van der Waals surface area (Å²) in [7, 11) is 3.18. The van der Waals surface area contributed by atoms with Crippen molar-refractivity contribution in [3.8, 4) is 11.5 Å². The van der Waals surface area contributed by atoms with E-state index in [1.54, 1.807) is 33.3 Å². The molecule has 2 aromatic carbocycles. The molecule has 0 aliphatic heterocycles. The summed E-state index contributed by atoms with van der Waals surface area (Å²) in [6, 6.07) is 13.4. The number of allylic oxidation sites excluding steroid dienone is 2. The summed E-state index contributed by atoms with van der Waals surface area (Å²) < 4.78 is 16.0. The van der Waals surface area contributed by atoms with E-state index in [9.17, 15) is 9.59 Å². The fourth-order valence-electron chi connectivity index (χ4n) is 3.93. The van der Waals surface area contributed by atoms with E-state index in [4.69, 9.17) is 14.2 Å². The third-order valence-corrected chi connectivity index (χ3v) is 5.35. The normalized spacial score (nSPS) is 18.8. The molecule has 0 bridgehead atoms. The molecule has 0 radical (unpaired) electrons. The van der Waals surface area contributed by atoms with Crippen LogP contribution in [0, 0.1) is 12.8 Å². The highest BCUT2D eigenvalue weighted by Gasteiger charge is 2.40. The van der Waals surface area contributed by atoms with E-state index in [0.717, 1.165) is 22.3 Å². The van der Waals surface area contributed by atoms with Crippen molar-refractivity contribution in [3.05, 3.63) is 65.2 Å². The zero-order valence-electron chi connectivity index (χ0n) is 17.2. The van der Waals surface area contributed by atoms with Gasteiger partial charge in [-0.15, -0.1) is 0 Å². The first-order valence-corrected chi connectivity index (χ1v) is 9.69. The second-order valence-electron chi connectivity index (χ2n) is 7.04. The maximum absolute atomic E-state index is 13.1. The molecule has 0 unspecified atom stereocenters. The molecule has 0 saturated heterocycles. The van der Waals surface area contributed by atoms with E-state index in [1.165, 1.54) is 0 Å². The molecule has 0 fully saturated rings. The van der Waals surface area contributed by atoms with Crippen LogP contribution in [0.5, 0.6) is 11.5 Å². The summed E-state index contributed by atoms with van der Waals surface area (Å²) in [5, 5.41) is 0. The summed E-state index contributed by atoms with van der Waals surface area (Å²) >= 11 is 0. The topological polar surface area (TPSA) is 61.8 Å². The number of aryl methyl sites for hydroxylation is 1. The minimum atomic E-state index is -0.843. The predicted molar refractivity (Wildman–Crippen MR) is 111 cm³/mol. The molecule has 0 spiro atoms. The van der Waals surface area contributed by atoms with Crippen molar-refractivity contribution in [3.63, 3.8) is 0 Å². The van der Waals surface area contributed by atoms with E-state index in [-0.39, 0.29) is 18.3 Å². The van der Waals surface area contributed by atoms with E-state index in [0.29, 0.717) is 17.9 Å². The van der Waals surface area contributed by atoms with Gasteiger partial charge in [0.1, 0.15) is 17.4 Å². The van der Waals surface area contributed by atoms with Crippen molar-refractivity contribution in [1.82, 2.24) is 0 Å². The minimum absolute atomic E-state index is 0.240. The number of methoxy groups -OCH3 is 2. The third kappa shape index (κ3) is 4.19. The standard InChI is InChI=1S/C24H26O5/c1-5-29-24(26)23-20(18-9-7-6-8-15(18)2)12-16(13-21(23)25)19-11-10-17(27-3)14-22(19)28-4/h6-11,13-14,20,23H,5,12H2,1-4H3/t20-,23+/m1/s1. The highest BCUT2D eigenvalue weighted by molar-refractivity contribution is 6.11. The Hall–Kier alpha value is -3.08. The van der Waals surface area contributed by atoms with Crippen LogP contribution < -0.4 is 9.47 Å². The lowest BCUT2D eigenvalue weighted by Gasteiger charge is -2.30. The number of ketones is 1. The van der Waals surface area contributed by atoms with Gasteiger partial charge >= 0.3 is 5.97 Å². The van der Waals surface area contributed by atoms with Crippen molar-refractivity contribution >= 4 is 17.3 Å². The van der Waals surface area contributed by atoms with Gasteiger partial charge in [0.05, 0.1) is 20.8 Å². The van der Waals surface area contributed by atoms with Crippen LogP contribution in [-0.4, -0.2) is 32.6 Å². The maximum Gasteiger partial charge on any atom is 0.317 e. The molecular weight excluding hydrogens is 368 g/mol. The average molecular weight is 394 g/mol. The van der Waals surface area contributed by atoms with Gasteiger partial charge in [-0.2, -0.15) is 0 Å². The number of esters is 1. The molecule has 5 heteroatoms. The molecule has 0 heterocycles. The predicted octanol–water partition coefficient (Wildman–Crippen LogP) is 4.33. The number of hydrogen-bond donors (Lipinski definition) is 0. The van der Waals surface area contributed by atoms with Crippen LogP contribution in [0.4, 0.5) is 0 Å². The van der Waals surface area contributed by atoms with Crippen molar-refractivity contribution in [1.29, 1.82) is 0 Å². The molecule has 0 N–H and O–H groups in total. The smallest absolute Gasteiger partial charge is 0.317 e. The molecular formula is C24H26O5. The van der Waals surface area contributed by atoms with Crippen LogP contribution in [0.3, 0.4) is 0 Å². The molecule has 0 aromatic heterocycles. The molecule has 1 aliphatic carbocycles. The van der Waals surface area contributed by atoms with Gasteiger partial charge in [-0.3, -0.25) is 9.59 Å². The molecule has 5 nitrogen and oxygen atoms in total. The third-order valence-electron chi connectivity index (χ3n) is 5.35. The molecule has 1 aliphatic rings. The fourth-order valence-corrected chi connectivity index (χ4v) is 3.93. The summed E-state index contributed by atoms with van der Waals surface area (Å²) in [6.07, 6.45) is 2.09. The molecule has 2 aromatic rings. The number of hydrogen-bond acceptors (Lipinski definition) is 5. The van der Waals surface area contributed by atoms with Crippen LogP contribution in [-0.2, 0) is 14.3 Å². The summed E-state index contributed by atoms with van der Waals surface area (Å²) in [6.45, 7) is 3.98. The Morgan fingerprint density at radius 2 is 1.86 bits per heavy atom. The summed E-state index contributed by atoms with van der Waals surface area (Å²) in [5.74, 6) is -0.549. The lowest BCUT2D eigenvalue weighted by Crippen LogP contribution is -2.34. The van der Waals surface area contributed by atoms with E-state index >= 15 is 0 Å². The largest absolute Gasteiger partial charge is 0.497 e. The van der Waals surface area contributed by atoms with Gasteiger partial charge < -0.3 is 14.2 Å². The highest BCUT2D eigenvalue weighted by atomic mass is 16.5. The Morgan fingerprint density at radius 1 is 1.10 bits per heavy atom. The van der Waals surface area contributed by atoms with E-state index in [2.05, 4.69) is 0 Å². The lowest BCUT2D eigenvalue weighted by atomic mass is 9.72. The molecule has 0 saturated carbocycles. The lowest BCUT2D eigenvalue weighted by molar-refractivity contribution is -0.151. The Morgan fingerprint density at radius 3 is 2.52 bits per heavy atom. The Labute approximate surface area is 171 Å². The molecule has 0 amide bonds. The number of rotatable bonds is 6. The fraction of sp³-hybridized carbons (Fsp3) is 0.333. The number of benzene rings is 2. The van der Waals surface area contributed by atoms with Crippen molar-refractivity contribution in [2.24, 2.45) is 5.92 Å². The second-order valence-corrected chi connectivity index (χ2v) is 7.04. The van der Waals surface area contributed by atoms with Crippen LogP contribution >= 0.6 is 0 Å². The van der Waals surface area contributed by atoms with Crippen molar-refractivity contribution in [2.75, 3.05) is 20.8 Å². The number of carbonyl (C=O) groups excluding carboxylic acids is 2. The molecule has 3 rings (SSSR count). The molecule has 29 heavy (non-hydrogen) atoms. The van der Waals surface area contributed by atoms with E-state index in [1.807, 2.05) is 43.3 Å². The Bertz CT molecular complexity index is 944. The minimum Gasteiger partial charge on any atom is -0.497 e. The van der Waals surface area contributed by atoms with Crippen LogP contribution in [0.2, 0.25) is 0 Å².